The highest BCUT2D eigenvalue weighted by Gasteiger charge is 2.33. The van der Waals surface area contributed by atoms with E-state index in [0.29, 0.717) is 32.9 Å². The molecule has 1 unspecified atom stereocenters. The number of halogens is 3. The van der Waals surface area contributed by atoms with E-state index in [1.807, 2.05) is 0 Å². The Morgan fingerprint density at radius 1 is 1.07 bits per heavy atom. The second kappa shape index (κ2) is 8.91. The van der Waals surface area contributed by atoms with Crippen molar-refractivity contribution in [3.63, 3.8) is 0 Å². The Morgan fingerprint density at radius 2 is 1.82 bits per heavy atom. The first-order chi connectivity index (χ1) is 13.3. The molecule has 28 heavy (non-hydrogen) atoms. The van der Waals surface area contributed by atoms with Crippen molar-refractivity contribution in [2.45, 2.75) is 11.7 Å². The number of amides is 1. The van der Waals surface area contributed by atoms with Gasteiger partial charge in [0.25, 0.3) is 5.91 Å². The summed E-state index contributed by atoms with van der Waals surface area (Å²) in [7, 11) is -3.44. The van der Waals surface area contributed by atoms with Crippen molar-refractivity contribution < 1.29 is 17.9 Å². The number of ether oxygens (including phenoxy) is 1. The molecule has 1 aliphatic heterocycles. The Morgan fingerprint density at radius 3 is 2.54 bits per heavy atom. The zero-order chi connectivity index (χ0) is 20.3. The summed E-state index contributed by atoms with van der Waals surface area (Å²) in [5.74, 6) is -0.0899. The van der Waals surface area contributed by atoms with E-state index in [0.717, 1.165) is 0 Å². The van der Waals surface area contributed by atoms with Crippen molar-refractivity contribution in [1.82, 2.24) is 4.90 Å². The number of sulfone groups is 1. The van der Waals surface area contributed by atoms with Crippen molar-refractivity contribution in [3.05, 3.63) is 63.1 Å². The van der Waals surface area contributed by atoms with Crippen LogP contribution in [-0.2, 0) is 14.6 Å². The van der Waals surface area contributed by atoms with E-state index in [2.05, 4.69) is 0 Å². The van der Waals surface area contributed by atoms with Crippen molar-refractivity contribution in [3.8, 4) is 5.75 Å². The number of hydrogen-bond acceptors (Lipinski definition) is 4. The predicted octanol–water partition coefficient (Wildman–Crippen LogP) is 4.41. The summed E-state index contributed by atoms with van der Waals surface area (Å²) in [6.45, 7) is 0.170. The van der Waals surface area contributed by atoms with E-state index < -0.39 is 15.1 Å². The highest BCUT2D eigenvalue weighted by Crippen LogP contribution is 2.34. The third-order valence-electron chi connectivity index (χ3n) is 4.59. The number of carbonyl (C=O) groups is 1. The first kappa shape index (κ1) is 21.2. The van der Waals surface area contributed by atoms with Gasteiger partial charge in [-0.15, -0.1) is 0 Å². The van der Waals surface area contributed by atoms with Crippen molar-refractivity contribution in [2.24, 2.45) is 0 Å². The lowest BCUT2D eigenvalue weighted by Crippen LogP contribution is -2.37. The van der Waals surface area contributed by atoms with Crippen LogP contribution in [0.4, 0.5) is 0 Å². The summed E-state index contributed by atoms with van der Waals surface area (Å²) in [5, 5.41) is 0.451. The molecule has 0 saturated carbocycles. The first-order valence-corrected chi connectivity index (χ1v) is 11.4. The SMILES string of the molecule is O=C(COc1ccc(Cl)cc1Cl)N1CCC(c2ccccc2Cl)S(=O)(=O)CC1. The number of carbonyl (C=O) groups excluding carboxylic acids is 1. The summed E-state index contributed by atoms with van der Waals surface area (Å²) in [6.07, 6.45) is 0.277. The summed E-state index contributed by atoms with van der Waals surface area (Å²) in [4.78, 5) is 14.0. The molecule has 1 saturated heterocycles. The monoisotopic (exact) mass is 461 g/mol. The van der Waals surface area contributed by atoms with Crippen molar-refractivity contribution in [1.29, 1.82) is 0 Å². The molecule has 1 aliphatic rings. The van der Waals surface area contributed by atoms with E-state index in [4.69, 9.17) is 39.5 Å². The highest BCUT2D eigenvalue weighted by atomic mass is 35.5. The molecule has 2 aromatic carbocycles. The van der Waals surface area contributed by atoms with Crippen LogP contribution < -0.4 is 4.74 Å². The minimum Gasteiger partial charge on any atom is -0.482 e. The van der Waals surface area contributed by atoms with E-state index in [9.17, 15) is 13.2 Å². The fourth-order valence-electron chi connectivity index (χ4n) is 3.10. The van der Waals surface area contributed by atoms with Gasteiger partial charge in [-0.2, -0.15) is 0 Å². The molecule has 2 aromatic rings. The normalized spacial score (nSPS) is 19.1. The third-order valence-corrected chi connectivity index (χ3v) is 7.57. The molecule has 5 nitrogen and oxygen atoms in total. The predicted molar refractivity (Wildman–Crippen MR) is 111 cm³/mol. The molecule has 0 aliphatic carbocycles. The lowest BCUT2D eigenvalue weighted by molar-refractivity contribution is -0.133. The highest BCUT2D eigenvalue weighted by molar-refractivity contribution is 7.91. The molecule has 1 atom stereocenters. The average molecular weight is 463 g/mol. The van der Waals surface area contributed by atoms with Crippen molar-refractivity contribution in [2.75, 3.05) is 25.4 Å². The minimum absolute atomic E-state index is 0.111. The summed E-state index contributed by atoms with van der Waals surface area (Å²) < 4.78 is 30.9. The molecular formula is C19H18Cl3NO4S. The van der Waals surface area contributed by atoms with Crippen LogP contribution in [0.3, 0.4) is 0 Å². The van der Waals surface area contributed by atoms with E-state index in [1.165, 1.54) is 11.0 Å². The molecule has 150 valence electrons. The Bertz CT molecular complexity index is 981. The molecule has 0 N–H and O–H groups in total. The van der Waals surface area contributed by atoms with Gasteiger partial charge in [0.15, 0.2) is 16.4 Å². The zero-order valence-corrected chi connectivity index (χ0v) is 17.9. The molecule has 3 rings (SSSR count). The van der Waals surface area contributed by atoms with Gasteiger partial charge < -0.3 is 9.64 Å². The van der Waals surface area contributed by atoms with Gasteiger partial charge >= 0.3 is 0 Å². The van der Waals surface area contributed by atoms with Gasteiger partial charge in [-0.05, 0) is 36.2 Å². The van der Waals surface area contributed by atoms with Crippen LogP contribution in [-0.4, -0.2) is 44.7 Å². The second-order valence-corrected chi connectivity index (χ2v) is 9.96. The molecule has 0 aromatic heterocycles. The van der Waals surface area contributed by atoms with Crippen LogP contribution in [0.25, 0.3) is 0 Å². The lowest BCUT2D eigenvalue weighted by Gasteiger charge is -2.20. The minimum atomic E-state index is -3.44. The average Bonchev–Trinajstić information content (AvgIpc) is 2.79. The quantitative estimate of drug-likeness (QED) is 0.675. The van der Waals surface area contributed by atoms with Crippen LogP contribution in [0.5, 0.6) is 5.75 Å². The van der Waals surface area contributed by atoms with Gasteiger partial charge in [0, 0.05) is 23.1 Å². The maximum Gasteiger partial charge on any atom is 0.260 e. The summed E-state index contributed by atoms with van der Waals surface area (Å²) in [5.41, 5.74) is 0.572. The third kappa shape index (κ3) is 4.92. The van der Waals surface area contributed by atoms with E-state index >= 15 is 0 Å². The fraction of sp³-hybridized carbons (Fsp3) is 0.316. The Hall–Kier alpha value is -1.47. The van der Waals surface area contributed by atoms with Crippen molar-refractivity contribution >= 4 is 50.5 Å². The number of benzene rings is 2. The van der Waals surface area contributed by atoms with Crippen LogP contribution in [0.1, 0.15) is 17.2 Å². The summed E-state index contributed by atoms with van der Waals surface area (Å²) in [6, 6.07) is 11.6. The van der Waals surface area contributed by atoms with Crippen LogP contribution in [0, 0.1) is 0 Å². The fourth-order valence-corrected chi connectivity index (χ4v) is 5.71. The number of hydrogen-bond donors (Lipinski definition) is 0. The Labute approximate surface area is 179 Å². The number of rotatable bonds is 4. The molecule has 0 bridgehead atoms. The van der Waals surface area contributed by atoms with E-state index in [-0.39, 0.29) is 31.2 Å². The number of nitrogens with zero attached hydrogens (tertiary/aromatic N) is 1. The smallest absolute Gasteiger partial charge is 0.260 e. The van der Waals surface area contributed by atoms with Crippen LogP contribution >= 0.6 is 34.8 Å². The molecule has 1 heterocycles. The second-order valence-electron chi connectivity index (χ2n) is 6.41. The largest absolute Gasteiger partial charge is 0.482 e. The van der Waals surface area contributed by atoms with Crippen LogP contribution in [0.15, 0.2) is 42.5 Å². The zero-order valence-electron chi connectivity index (χ0n) is 14.8. The topological polar surface area (TPSA) is 63.7 Å². The molecule has 1 amide bonds. The molecule has 0 radical (unpaired) electrons. The Balaban J connectivity index is 1.68. The molecule has 9 heteroatoms. The maximum absolute atomic E-state index is 12.7. The first-order valence-electron chi connectivity index (χ1n) is 8.59. The van der Waals surface area contributed by atoms with Gasteiger partial charge in [-0.25, -0.2) is 8.42 Å². The van der Waals surface area contributed by atoms with Gasteiger partial charge in [0.2, 0.25) is 0 Å². The van der Waals surface area contributed by atoms with Gasteiger partial charge in [0.1, 0.15) is 5.75 Å². The van der Waals surface area contributed by atoms with Gasteiger partial charge in [-0.3, -0.25) is 4.79 Å². The van der Waals surface area contributed by atoms with Gasteiger partial charge in [-0.1, -0.05) is 53.0 Å². The molecule has 1 fully saturated rings. The summed E-state index contributed by atoms with van der Waals surface area (Å²) >= 11 is 18.1. The lowest BCUT2D eigenvalue weighted by atomic mass is 10.1. The molecular weight excluding hydrogens is 445 g/mol. The molecule has 0 spiro atoms. The Kier molecular flexibility index (Phi) is 6.76. The van der Waals surface area contributed by atoms with Crippen LogP contribution in [0.2, 0.25) is 15.1 Å². The standard InChI is InChI=1S/C19H18Cl3NO4S/c20-13-5-6-17(16(22)11-13)27-12-19(24)23-8-7-18(28(25,26)10-9-23)14-3-1-2-4-15(14)21/h1-6,11,18H,7-10,12H2. The van der Waals surface area contributed by atoms with Gasteiger partial charge in [0.05, 0.1) is 16.0 Å². The maximum atomic E-state index is 12.7. The van der Waals surface area contributed by atoms with E-state index in [1.54, 1.807) is 36.4 Å².